The molecule has 1 heterocycles. The summed E-state index contributed by atoms with van der Waals surface area (Å²) in [6, 6.07) is 4.76. The molecule has 0 unspecified atom stereocenters. The molecule has 2 amide bonds. The standard InChI is InChI=1S/C14H16N4O4S/c1-16-14-17-10(11(15)19)13(23-14)18-12(20)7-4-8(21-2)6-9(5-7)22-3/h4-6H,1-3H3,(H2,15,19)(H,16,17)(H,18,20). The maximum Gasteiger partial charge on any atom is 0.270 e. The molecule has 23 heavy (non-hydrogen) atoms. The molecule has 2 aromatic rings. The van der Waals surface area contributed by atoms with Crippen LogP contribution in [0.2, 0.25) is 0 Å². The summed E-state index contributed by atoms with van der Waals surface area (Å²) in [5.74, 6) is -0.202. The van der Waals surface area contributed by atoms with Crippen molar-refractivity contribution in [3.63, 3.8) is 0 Å². The van der Waals surface area contributed by atoms with E-state index in [1.54, 1.807) is 25.2 Å². The van der Waals surface area contributed by atoms with Crippen LogP contribution in [0.4, 0.5) is 10.1 Å². The molecule has 0 saturated carbocycles. The van der Waals surface area contributed by atoms with E-state index in [-0.39, 0.29) is 10.7 Å². The molecule has 0 spiro atoms. The van der Waals surface area contributed by atoms with Crippen LogP contribution in [0, 0.1) is 0 Å². The summed E-state index contributed by atoms with van der Waals surface area (Å²) in [5, 5.41) is 6.17. The van der Waals surface area contributed by atoms with Crippen LogP contribution in [0.1, 0.15) is 20.8 Å². The van der Waals surface area contributed by atoms with Gasteiger partial charge in [0.15, 0.2) is 10.8 Å². The molecule has 4 N–H and O–H groups in total. The highest BCUT2D eigenvalue weighted by molar-refractivity contribution is 7.20. The van der Waals surface area contributed by atoms with E-state index in [2.05, 4.69) is 15.6 Å². The Morgan fingerprint density at radius 1 is 1.17 bits per heavy atom. The van der Waals surface area contributed by atoms with Gasteiger partial charge in [-0.05, 0) is 12.1 Å². The lowest BCUT2D eigenvalue weighted by Gasteiger charge is -2.08. The number of ether oxygens (including phenoxy) is 2. The number of anilines is 2. The lowest BCUT2D eigenvalue weighted by molar-refractivity contribution is 0.0997. The Bertz CT molecular complexity index is 722. The van der Waals surface area contributed by atoms with Crippen LogP contribution in [-0.2, 0) is 0 Å². The number of hydrogen-bond acceptors (Lipinski definition) is 7. The van der Waals surface area contributed by atoms with Crippen LogP contribution in [0.5, 0.6) is 11.5 Å². The number of aromatic nitrogens is 1. The first kappa shape index (κ1) is 16.6. The number of rotatable bonds is 6. The highest BCUT2D eigenvalue weighted by atomic mass is 32.1. The molecule has 2 rings (SSSR count). The number of methoxy groups -OCH3 is 2. The summed E-state index contributed by atoms with van der Waals surface area (Å²) in [7, 11) is 4.64. The third-order valence-electron chi connectivity index (χ3n) is 2.92. The van der Waals surface area contributed by atoms with E-state index >= 15 is 0 Å². The van der Waals surface area contributed by atoms with Crippen molar-refractivity contribution in [2.24, 2.45) is 5.73 Å². The van der Waals surface area contributed by atoms with E-state index in [4.69, 9.17) is 15.2 Å². The van der Waals surface area contributed by atoms with Gasteiger partial charge < -0.3 is 25.8 Å². The van der Waals surface area contributed by atoms with E-state index in [0.717, 1.165) is 11.3 Å². The smallest absolute Gasteiger partial charge is 0.270 e. The fourth-order valence-electron chi connectivity index (χ4n) is 1.79. The topological polar surface area (TPSA) is 116 Å². The Labute approximate surface area is 136 Å². The maximum atomic E-state index is 12.4. The second-order valence-corrected chi connectivity index (χ2v) is 5.37. The van der Waals surface area contributed by atoms with Crippen LogP contribution in [0.25, 0.3) is 0 Å². The van der Waals surface area contributed by atoms with Crippen LogP contribution in [-0.4, -0.2) is 38.1 Å². The van der Waals surface area contributed by atoms with Gasteiger partial charge in [-0.15, -0.1) is 0 Å². The molecule has 1 aromatic heterocycles. The SMILES string of the molecule is CNc1nc(C(N)=O)c(NC(=O)c2cc(OC)cc(OC)c2)s1. The van der Waals surface area contributed by atoms with Crippen molar-refractivity contribution in [1.29, 1.82) is 0 Å². The fraction of sp³-hybridized carbons (Fsp3) is 0.214. The molecule has 1 aromatic carbocycles. The van der Waals surface area contributed by atoms with Gasteiger partial charge in [0, 0.05) is 18.7 Å². The van der Waals surface area contributed by atoms with Gasteiger partial charge in [0.25, 0.3) is 11.8 Å². The fourth-order valence-corrected chi connectivity index (χ4v) is 2.61. The summed E-state index contributed by atoms with van der Waals surface area (Å²) in [6.45, 7) is 0. The minimum absolute atomic E-state index is 0.00237. The lowest BCUT2D eigenvalue weighted by Crippen LogP contribution is -2.17. The summed E-state index contributed by atoms with van der Waals surface area (Å²) >= 11 is 1.11. The van der Waals surface area contributed by atoms with Gasteiger partial charge in [0.05, 0.1) is 14.2 Å². The number of thiazole rings is 1. The number of nitrogens with zero attached hydrogens (tertiary/aromatic N) is 1. The highest BCUT2D eigenvalue weighted by Crippen LogP contribution is 2.29. The van der Waals surface area contributed by atoms with E-state index in [1.165, 1.54) is 14.2 Å². The van der Waals surface area contributed by atoms with Crippen molar-refractivity contribution in [3.05, 3.63) is 29.5 Å². The summed E-state index contributed by atoms with van der Waals surface area (Å²) in [5.41, 5.74) is 5.59. The van der Waals surface area contributed by atoms with Crippen LogP contribution in [0.15, 0.2) is 18.2 Å². The molecule has 0 aliphatic rings. The van der Waals surface area contributed by atoms with E-state index in [9.17, 15) is 9.59 Å². The Balaban J connectivity index is 2.32. The second-order valence-electron chi connectivity index (χ2n) is 4.37. The van der Waals surface area contributed by atoms with Gasteiger partial charge in [-0.2, -0.15) is 0 Å². The van der Waals surface area contributed by atoms with Gasteiger partial charge in [-0.1, -0.05) is 11.3 Å². The molecule has 0 radical (unpaired) electrons. The predicted octanol–water partition coefficient (Wildman–Crippen LogP) is 1.55. The molecule has 122 valence electrons. The highest BCUT2D eigenvalue weighted by Gasteiger charge is 2.19. The molecule has 9 heteroatoms. The molecule has 0 bridgehead atoms. The summed E-state index contributed by atoms with van der Waals surface area (Å²) < 4.78 is 10.3. The van der Waals surface area contributed by atoms with E-state index < -0.39 is 11.8 Å². The zero-order chi connectivity index (χ0) is 17.0. The Morgan fingerprint density at radius 2 is 1.78 bits per heavy atom. The summed E-state index contributed by atoms with van der Waals surface area (Å²) in [6.07, 6.45) is 0. The van der Waals surface area contributed by atoms with Crippen molar-refractivity contribution in [2.75, 3.05) is 31.9 Å². The molecule has 0 atom stereocenters. The number of nitrogens with two attached hydrogens (primary N) is 1. The molecule has 0 fully saturated rings. The van der Waals surface area contributed by atoms with Gasteiger partial charge in [-0.25, -0.2) is 4.98 Å². The monoisotopic (exact) mass is 336 g/mol. The zero-order valence-corrected chi connectivity index (χ0v) is 13.6. The molecule has 8 nitrogen and oxygen atoms in total. The Kier molecular flexibility index (Phi) is 5.02. The third-order valence-corrected chi connectivity index (χ3v) is 3.90. The number of benzene rings is 1. The number of amides is 2. The Morgan fingerprint density at radius 3 is 2.26 bits per heavy atom. The third kappa shape index (κ3) is 3.69. The number of hydrogen-bond donors (Lipinski definition) is 3. The minimum Gasteiger partial charge on any atom is -0.497 e. The van der Waals surface area contributed by atoms with Gasteiger partial charge >= 0.3 is 0 Å². The average molecular weight is 336 g/mol. The van der Waals surface area contributed by atoms with Crippen LogP contribution < -0.4 is 25.8 Å². The van der Waals surface area contributed by atoms with Gasteiger partial charge in [0.2, 0.25) is 0 Å². The molecule has 0 aliphatic heterocycles. The van der Waals surface area contributed by atoms with Crippen molar-refractivity contribution in [2.45, 2.75) is 0 Å². The molecule has 0 saturated heterocycles. The molecular weight excluding hydrogens is 320 g/mol. The molecular formula is C14H16N4O4S. The average Bonchev–Trinajstić information content (AvgIpc) is 2.97. The normalized spacial score (nSPS) is 10.0. The van der Waals surface area contributed by atoms with E-state index in [0.29, 0.717) is 22.2 Å². The Hall–Kier alpha value is -2.81. The predicted molar refractivity (Wildman–Crippen MR) is 87.7 cm³/mol. The lowest BCUT2D eigenvalue weighted by atomic mass is 10.2. The number of carbonyl (C=O) groups excluding carboxylic acids is 2. The maximum absolute atomic E-state index is 12.4. The van der Waals surface area contributed by atoms with Gasteiger partial charge in [-0.3, -0.25) is 9.59 Å². The molecule has 0 aliphatic carbocycles. The number of primary amides is 1. The number of nitrogens with one attached hydrogen (secondary N) is 2. The quantitative estimate of drug-likeness (QED) is 0.737. The minimum atomic E-state index is -0.721. The van der Waals surface area contributed by atoms with Gasteiger partial charge in [0.1, 0.15) is 16.5 Å². The first-order valence-corrected chi connectivity index (χ1v) is 7.33. The van der Waals surface area contributed by atoms with Crippen molar-refractivity contribution in [3.8, 4) is 11.5 Å². The van der Waals surface area contributed by atoms with Crippen molar-refractivity contribution in [1.82, 2.24) is 4.98 Å². The first-order valence-electron chi connectivity index (χ1n) is 6.51. The van der Waals surface area contributed by atoms with Crippen LogP contribution in [0.3, 0.4) is 0 Å². The first-order chi connectivity index (χ1) is 11.0. The van der Waals surface area contributed by atoms with E-state index in [1.807, 2.05) is 0 Å². The van der Waals surface area contributed by atoms with Crippen LogP contribution >= 0.6 is 11.3 Å². The van der Waals surface area contributed by atoms with Crippen molar-refractivity contribution >= 4 is 33.3 Å². The largest absolute Gasteiger partial charge is 0.497 e. The number of carbonyl (C=O) groups is 2. The van der Waals surface area contributed by atoms with Crippen molar-refractivity contribution < 1.29 is 19.1 Å². The zero-order valence-electron chi connectivity index (χ0n) is 12.8. The summed E-state index contributed by atoms with van der Waals surface area (Å²) in [4.78, 5) is 27.8. The second kappa shape index (κ2) is 6.97.